The zero-order chi connectivity index (χ0) is 13.4. The molecule has 2 nitrogen and oxygen atoms in total. The van der Waals surface area contributed by atoms with Crippen molar-refractivity contribution in [3.05, 3.63) is 58.6 Å². The van der Waals surface area contributed by atoms with Gasteiger partial charge in [0.25, 0.3) is 0 Å². The summed E-state index contributed by atoms with van der Waals surface area (Å²) in [6.07, 6.45) is 3.77. The van der Waals surface area contributed by atoms with Gasteiger partial charge in [0.1, 0.15) is 5.01 Å². The van der Waals surface area contributed by atoms with E-state index in [1.807, 2.05) is 6.07 Å². The molecular weight excluding hydrogens is 264 g/mol. The van der Waals surface area contributed by atoms with Crippen LogP contribution >= 0.6 is 11.3 Å². The van der Waals surface area contributed by atoms with Crippen LogP contribution in [0, 0.1) is 0 Å². The number of hydrogen-bond acceptors (Lipinski definition) is 3. The molecule has 0 atom stereocenters. The molecule has 1 aliphatic carbocycles. The number of fused-ring (bicyclic) bond motifs is 2. The van der Waals surface area contributed by atoms with Gasteiger partial charge in [0, 0.05) is 5.69 Å². The van der Waals surface area contributed by atoms with Crippen LogP contribution in [0.15, 0.2) is 42.5 Å². The molecule has 0 radical (unpaired) electrons. The molecule has 1 aromatic heterocycles. The van der Waals surface area contributed by atoms with Crippen LogP contribution in [0.3, 0.4) is 0 Å². The van der Waals surface area contributed by atoms with Gasteiger partial charge in [-0.3, -0.25) is 0 Å². The smallest absolute Gasteiger partial charge is 0.113 e. The average molecular weight is 280 g/mol. The molecule has 1 N–H and O–H groups in total. The molecule has 1 heterocycles. The molecular formula is C17H16N2S. The first-order valence-corrected chi connectivity index (χ1v) is 7.90. The van der Waals surface area contributed by atoms with Crippen LogP contribution in [0.2, 0.25) is 0 Å². The van der Waals surface area contributed by atoms with Gasteiger partial charge < -0.3 is 5.32 Å². The lowest BCUT2D eigenvalue weighted by Gasteiger charge is -2.06. The molecule has 1 aliphatic rings. The Morgan fingerprint density at radius 1 is 1.05 bits per heavy atom. The molecule has 0 fully saturated rings. The maximum Gasteiger partial charge on any atom is 0.113 e. The standard InChI is InChI=1S/C17H16N2S/c1-2-7-16-15(6-1)19-17(20-16)11-18-14-9-8-12-4-3-5-13(12)10-14/h1-2,6-10,18H,3-5,11H2. The number of aryl methyl sites for hydroxylation is 2. The third-order valence-electron chi connectivity index (χ3n) is 3.88. The Hall–Kier alpha value is -1.87. The van der Waals surface area contributed by atoms with Crippen molar-refractivity contribution in [2.45, 2.75) is 25.8 Å². The first-order chi connectivity index (χ1) is 9.88. The summed E-state index contributed by atoms with van der Waals surface area (Å²) in [4.78, 5) is 4.66. The minimum absolute atomic E-state index is 0.804. The number of rotatable bonds is 3. The van der Waals surface area contributed by atoms with Crippen LogP contribution < -0.4 is 5.32 Å². The quantitative estimate of drug-likeness (QED) is 0.769. The zero-order valence-electron chi connectivity index (χ0n) is 11.2. The van der Waals surface area contributed by atoms with Crippen molar-refractivity contribution in [1.82, 2.24) is 4.98 Å². The summed E-state index contributed by atoms with van der Waals surface area (Å²) < 4.78 is 1.26. The minimum Gasteiger partial charge on any atom is -0.379 e. The van der Waals surface area contributed by atoms with E-state index in [4.69, 9.17) is 0 Å². The molecule has 0 saturated heterocycles. The Morgan fingerprint density at radius 2 is 1.95 bits per heavy atom. The molecule has 100 valence electrons. The van der Waals surface area contributed by atoms with Crippen molar-refractivity contribution >= 4 is 27.2 Å². The lowest BCUT2D eigenvalue weighted by Crippen LogP contribution is -1.99. The Labute approximate surface area is 122 Å². The second-order valence-corrected chi connectivity index (χ2v) is 6.38. The molecule has 0 aliphatic heterocycles. The summed E-state index contributed by atoms with van der Waals surface area (Å²) in [5, 5.41) is 4.64. The predicted octanol–water partition coefficient (Wildman–Crippen LogP) is 4.40. The van der Waals surface area contributed by atoms with Crippen molar-refractivity contribution in [1.29, 1.82) is 0 Å². The van der Waals surface area contributed by atoms with Crippen molar-refractivity contribution in [3.63, 3.8) is 0 Å². The molecule has 0 unspecified atom stereocenters. The van der Waals surface area contributed by atoms with Crippen molar-refractivity contribution in [2.24, 2.45) is 0 Å². The first-order valence-electron chi connectivity index (χ1n) is 7.09. The predicted molar refractivity (Wildman–Crippen MR) is 85.4 cm³/mol. The summed E-state index contributed by atoms with van der Waals surface area (Å²) >= 11 is 1.77. The summed E-state index contributed by atoms with van der Waals surface area (Å²) in [7, 11) is 0. The Morgan fingerprint density at radius 3 is 2.90 bits per heavy atom. The van der Waals surface area contributed by atoms with Crippen LogP contribution in [0.5, 0.6) is 0 Å². The number of anilines is 1. The van der Waals surface area contributed by atoms with E-state index >= 15 is 0 Å². The maximum atomic E-state index is 4.66. The van der Waals surface area contributed by atoms with E-state index < -0.39 is 0 Å². The third-order valence-corrected chi connectivity index (χ3v) is 4.92. The Kier molecular flexibility index (Phi) is 2.92. The van der Waals surface area contributed by atoms with Gasteiger partial charge in [-0.25, -0.2) is 4.98 Å². The number of aromatic nitrogens is 1. The van der Waals surface area contributed by atoms with Crippen LogP contribution in [-0.2, 0) is 19.4 Å². The fourth-order valence-corrected chi connectivity index (χ4v) is 3.76. The molecule has 2 aromatic carbocycles. The Balaban J connectivity index is 1.52. The van der Waals surface area contributed by atoms with Gasteiger partial charge in [0.15, 0.2) is 0 Å². The van der Waals surface area contributed by atoms with Gasteiger partial charge in [-0.05, 0) is 54.7 Å². The number of para-hydroxylation sites is 1. The van der Waals surface area contributed by atoms with E-state index in [1.165, 1.54) is 40.8 Å². The van der Waals surface area contributed by atoms with E-state index in [0.29, 0.717) is 0 Å². The third kappa shape index (κ3) is 2.18. The average Bonchev–Trinajstić information content (AvgIpc) is 3.10. The minimum atomic E-state index is 0.804. The SMILES string of the molecule is c1ccc2sc(CNc3ccc4c(c3)CCC4)nc2c1. The van der Waals surface area contributed by atoms with E-state index in [1.54, 1.807) is 11.3 Å². The van der Waals surface area contributed by atoms with Crippen LogP contribution in [0.1, 0.15) is 22.6 Å². The first kappa shape index (κ1) is 11.9. The van der Waals surface area contributed by atoms with Gasteiger partial charge >= 0.3 is 0 Å². The lowest BCUT2D eigenvalue weighted by molar-refractivity contribution is 0.912. The highest BCUT2D eigenvalue weighted by molar-refractivity contribution is 7.18. The summed E-state index contributed by atoms with van der Waals surface area (Å²) in [5.74, 6) is 0. The summed E-state index contributed by atoms with van der Waals surface area (Å²) in [5.41, 5.74) is 5.35. The van der Waals surface area contributed by atoms with E-state index in [9.17, 15) is 0 Å². The molecule has 3 heteroatoms. The largest absolute Gasteiger partial charge is 0.379 e. The number of benzene rings is 2. The molecule has 4 rings (SSSR count). The lowest BCUT2D eigenvalue weighted by atomic mass is 10.1. The zero-order valence-corrected chi connectivity index (χ0v) is 12.0. The van der Waals surface area contributed by atoms with Crippen molar-refractivity contribution in [2.75, 3.05) is 5.32 Å². The van der Waals surface area contributed by atoms with Gasteiger partial charge in [0.05, 0.1) is 16.8 Å². The molecule has 0 bridgehead atoms. The summed E-state index contributed by atoms with van der Waals surface area (Å²) in [6, 6.07) is 15.1. The molecule has 20 heavy (non-hydrogen) atoms. The fraction of sp³-hybridized carbons (Fsp3) is 0.235. The van der Waals surface area contributed by atoms with Crippen molar-refractivity contribution < 1.29 is 0 Å². The Bertz CT molecular complexity index is 728. The monoisotopic (exact) mass is 280 g/mol. The number of hydrogen-bond donors (Lipinski definition) is 1. The second-order valence-electron chi connectivity index (χ2n) is 5.27. The topological polar surface area (TPSA) is 24.9 Å². The molecule has 0 saturated carbocycles. The van der Waals surface area contributed by atoms with Gasteiger partial charge in [-0.1, -0.05) is 18.2 Å². The van der Waals surface area contributed by atoms with E-state index in [2.05, 4.69) is 46.7 Å². The maximum absolute atomic E-state index is 4.66. The number of nitrogens with zero attached hydrogens (tertiary/aromatic N) is 1. The van der Waals surface area contributed by atoms with E-state index in [-0.39, 0.29) is 0 Å². The van der Waals surface area contributed by atoms with Crippen molar-refractivity contribution in [3.8, 4) is 0 Å². The number of thiazole rings is 1. The molecule has 0 spiro atoms. The highest BCUT2D eigenvalue weighted by Crippen LogP contribution is 2.26. The highest BCUT2D eigenvalue weighted by atomic mass is 32.1. The van der Waals surface area contributed by atoms with Crippen LogP contribution in [0.25, 0.3) is 10.2 Å². The fourth-order valence-electron chi connectivity index (χ4n) is 2.86. The van der Waals surface area contributed by atoms with E-state index in [0.717, 1.165) is 17.1 Å². The number of nitrogens with one attached hydrogen (secondary N) is 1. The van der Waals surface area contributed by atoms with Crippen LogP contribution in [0.4, 0.5) is 5.69 Å². The van der Waals surface area contributed by atoms with Gasteiger partial charge in [-0.15, -0.1) is 11.3 Å². The highest BCUT2D eigenvalue weighted by Gasteiger charge is 2.10. The summed E-state index contributed by atoms with van der Waals surface area (Å²) in [6.45, 7) is 0.804. The normalized spacial score (nSPS) is 13.6. The van der Waals surface area contributed by atoms with Crippen LogP contribution in [-0.4, -0.2) is 4.98 Å². The van der Waals surface area contributed by atoms with Gasteiger partial charge in [0.2, 0.25) is 0 Å². The molecule has 0 amide bonds. The molecule has 3 aromatic rings. The van der Waals surface area contributed by atoms with Gasteiger partial charge in [-0.2, -0.15) is 0 Å². The second kappa shape index (κ2) is 4.91.